The highest BCUT2D eigenvalue weighted by Gasteiger charge is 2.32. The van der Waals surface area contributed by atoms with E-state index in [4.69, 9.17) is 0 Å². The van der Waals surface area contributed by atoms with E-state index in [-0.39, 0.29) is 22.6 Å². The second-order valence-electron chi connectivity index (χ2n) is 7.58. The van der Waals surface area contributed by atoms with Crippen LogP contribution in [0.5, 0.6) is 0 Å². The highest BCUT2D eigenvalue weighted by molar-refractivity contribution is 7.89. The second kappa shape index (κ2) is 6.10. The topological polar surface area (TPSA) is 58.2 Å². The zero-order valence-corrected chi connectivity index (χ0v) is 13.9. The molecule has 19 heavy (non-hydrogen) atoms. The molecular weight excluding hydrogens is 260 g/mol. The first-order valence-electron chi connectivity index (χ1n) is 7.23. The summed E-state index contributed by atoms with van der Waals surface area (Å²) in [5, 5.41) is 3.43. The number of sulfonamides is 1. The Morgan fingerprint density at radius 3 is 2.47 bits per heavy atom. The van der Waals surface area contributed by atoms with Gasteiger partial charge in [0, 0.05) is 12.6 Å². The van der Waals surface area contributed by atoms with Crippen LogP contribution in [0.4, 0.5) is 0 Å². The fraction of sp³-hybridized carbons (Fsp3) is 1.00. The Morgan fingerprint density at radius 2 is 1.95 bits per heavy atom. The van der Waals surface area contributed by atoms with Crippen molar-refractivity contribution in [1.29, 1.82) is 0 Å². The Morgan fingerprint density at radius 1 is 1.32 bits per heavy atom. The molecule has 0 spiro atoms. The first kappa shape index (κ1) is 16.9. The van der Waals surface area contributed by atoms with Gasteiger partial charge in [0.05, 0.1) is 5.75 Å². The number of rotatable bonds is 5. The average Bonchev–Trinajstić information content (AvgIpc) is 2.24. The highest BCUT2D eigenvalue weighted by Crippen LogP contribution is 2.29. The lowest BCUT2D eigenvalue weighted by atomic mass is 9.78. The molecule has 2 N–H and O–H groups in total. The zero-order chi connectivity index (χ0) is 14.7. The summed E-state index contributed by atoms with van der Waals surface area (Å²) < 4.78 is 26.8. The largest absolute Gasteiger partial charge is 0.312 e. The predicted molar refractivity (Wildman–Crippen MR) is 80.7 cm³/mol. The summed E-state index contributed by atoms with van der Waals surface area (Å²) >= 11 is 0. The minimum absolute atomic E-state index is 0.0527. The molecule has 1 fully saturated rings. The summed E-state index contributed by atoms with van der Waals surface area (Å²) in [6.45, 7) is 12.1. The summed E-state index contributed by atoms with van der Waals surface area (Å²) in [5.41, 5.74) is 0.210. The average molecular weight is 290 g/mol. The van der Waals surface area contributed by atoms with Crippen LogP contribution >= 0.6 is 0 Å². The van der Waals surface area contributed by atoms with Crippen molar-refractivity contribution in [2.75, 3.05) is 18.8 Å². The fourth-order valence-electron chi connectivity index (χ4n) is 2.34. The van der Waals surface area contributed by atoms with Crippen molar-refractivity contribution < 1.29 is 8.42 Å². The standard InChI is InChI=1S/C14H30N2O2S/c1-13(2,3)8-10-19(17,18)16-11-12-14(4,5)7-6-9-15-12/h12,15-16H,6-11H2,1-5H3. The molecule has 0 saturated carbocycles. The summed E-state index contributed by atoms with van der Waals surface area (Å²) in [4.78, 5) is 0. The van der Waals surface area contributed by atoms with E-state index in [0.717, 1.165) is 13.0 Å². The molecule has 1 aliphatic heterocycles. The number of hydrogen-bond acceptors (Lipinski definition) is 3. The van der Waals surface area contributed by atoms with Gasteiger partial charge in [-0.3, -0.25) is 0 Å². The second-order valence-corrected chi connectivity index (χ2v) is 9.50. The maximum absolute atomic E-state index is 12.0. The molecule has 0 amide bonds. The van der Waals surface area contributed by atoms with Crippen molar-refractivity contribution in [2.45, 2.75) is 59.9 Å². The van der Waals surface area contributed by atoms with Gasteiger partial charge < -0.3 is 5.32 Å². The van der Waals surface area contributed by atoms with Gasteiger partial charge in [-0.05, 0) is 36.6 Å². The molecule has 1 rings (SSSR count). The smallest absolute Gasteiger partial charge is 0.211 e. The van der Waals surface area contributed by atoms with Crippen molar-refractivity contribution in [3.63, 3.8) is 0 Å². The molecule has 0 bridgehead atoms. The minimum Gasteiger partial charge on any atom is -0.312 e. The van der Waals surface area contributed by atoms with E-state index in [1.54, 1.807) is 0 Å². The van der Waals surface area contributed by atoms with Gasteiger partial charge in [0.1, 0.15) is 0 Å². The molecule has 1 aliphatic rings. The van der Waals surface area contributed by atoms with E-state index in [2.05, 4.69) is 44.7 Å². The lowest BCUT2D eigenvalue weighted by molar-refractivity contribution is 0.181. The molecule has 1 atom stereocenters. The monoisotopic (exact) mass is 290 g/mol. The van der Waals surface area contributed by atoms with Crippen LogP contribution in [0, 0.1) is 10.8 Å². The van der Waals surface area contributed by atoms with Gasteiger partial charge in [-0.25, -0.2) is 13.1 Å². The van der Waals surface area contributed by atoms with Crippen LogP contribution in [0.2, 0.25) is 0 Å². The molecular formula is C14H30N2O2S. The van der Waals surface area contributed by atoms with Crippen molar-refractivity contribution >= 4 is 10.0 Å². The molecule has 5 heteroatoms. The Balaban J connectivity index is 2.46. The molecule has 0 aliphatic carbocycles. The van der Waals surface area contributed by atoms with Crippen molar-refractivity contribution in [2.24, 2.45) is 10.8 Å². The van der Waals surface area contributed by atoms with Crippen LogP contribution in [0.3, 0.4) is 0 Å². The maximum Gasteiger partial charge on any atom is 0.211 e. The van der Waals surface area contributed by atoms with Gasteiger partial charge in [-0.15, -0.1) is 0 Å². The molecule has 1 heterocycles. The summed E-state index contributed by atoms with van der Waals surface area (Å²) in [6, 6.07) is 0.227. The molecule has 1 unspecified atom stereocenters. The fourth-order valence-corrected chi connectivity index (χ4v) is 3.79. The molecule has 0 aromatic carbocycles. The number of piperidine rings is 1. The normalized spacial score (nSPS) is 24.4. The number of hydrogen-bond donors (Lipinski definition) is 2. The molecule has 0 aromatic rings. The van der Waals surface area contributed by atoms with E-state index in [0.29, 0.717) is 13.0 Å². The van der Waals surface area contributed by atoms with Crippen LogP contribution in [0.25, 0.3) is 0 Å². The summed E-state index contributed by atoms with van der Waals surface area (Å²) in [6.07, 6.45) is 3.00. The first-order chi connectivity index (χ1) is 8.52. The van der Waals surface area contributed by atoms with Crippen molar-refractivity contribution in [3.05, 3.63) is 0 Å². The Bertz CT molecular complexity index is 383. The van der Waals surface area contributed by atoms with E-state index in [9.17, 15) is 8.42 Å². The molecule has 114 valence electrons. The van der Waals surface area contributed by atoms with Crippen LogP contribution in [0.15, 0.2) is 0 Å². The van der Waals surface area contributed by atoms with E-state index < -0.39 is 10.0 Å². The zero-order valence-electron chi connectivity index (χ0n) is 13.0. The minimum atomic E-state index is -3.15. The third kappa shape index (κ3) is 6.23. The lowest BCUT2D eigenvalue weighted by Crippen LogP contribution is -2.53. The molecule has 4 nitrogen and oxygen atoms in total. The maximum atomic E-state index is 12.0. The van der Waals surface area contributed by atoms with Gasteiger partial charge in [0.25, 0.3) is 0 Å². The Labute approximate surface area is 118 Å². The van der Waals surface area contributed by atoms with Gasteiger partial charge in [0.15, 0.2) is 0 Å². The first-order valence-corrected chi connectivity index (χ1v) is 8.88. The third-order valence-electron chi connectivity index (χ3n) is 3.96. The summed E-state index contributed by atoms with van der Waals surface area (Å²) in [7, 11) is -3.15. The number of nitrogens with one attached hydrogen (secondary N) is 2. The van der Waals surface area contributed by atoms with Crippen LogP contribution in [-0.4, -0.2) is 33.3 Å². The van der Waals surface area contributed by atoms with Crippen molar-refractivity contribution in [1.82, 2.24) is 10.0 Å². The van der Waals surface area contributed by atoms with Gasteiger partial charge in [-0.1, -0.05) is 34.6 Å². The highest BCUT2D eigenvalue weighted by atomic mass is 32.2. The third-order valence-corrected chi connectivity index (χ3v) is 5.31. The predicted octanol–water partition coefficient (Wildman–Crippen LogP) is 2.12. The molecule has 0 aromatic heterocycles. The van der Waals surface area contributed by atoms with E-state index >= 15 is 0 Å². The van der Waals surface area contributed by atoms with Crippen LogP contribution in [-0.2, 0) is 10.0 Å². The molecule has 0 radical (unpaired) electrons. The Hall–Kier alpha value is -0.130. The molecule has 1 saturated heterocycles. The Kier molecular flexibility index (Phi) is 5.43. The van der Waals surface area contributed by atoms with Crippen LogP contribution < -0.4 is 10.0 Å². The summed E-state index contributed by atoms with van der Waals surface area (Å²) in [5.74, 6) is 0.212. The van der Waals surface area contributed by atoms with Gasteiger partial charge in [0.2, 0.25) is 10.0 Å². The van der Waals surface area contributed by atoms with E-state index in [1.165, 1.54) is 6.42 Å². The van der Waals surface area contributed by atoms with Gasteiger partial charge in [-0.2, -0.15) is 0 Å². The van der Waals surface area contributed by atoms with Gasteiger partial charge >= 0.3 is 0 Å². The lowest BCUT2D eigenvalue weighted by Gasteiger charge is -2.39. The SMILES string of the molecule is CC(C)(C)CCS(=O)(=O)NCC1NCCCC1(C)C. The van der Waals surface area contributed by atoms with Crippen molar-refractivity contribution in [3.8, 4) is 0 Å². The quantitative estimate of drug-likeness (QED) is 0.815. The van der Waals surface area contributed by atoms with Crippen LogP contribution in [0.1, 0.15) is 53.9 Å². The van der Waals surface area contributed by atoms with E-state index in [1.807, 2.05) is 0 Å².